The minimum atomic E-state index is -0.104. The number of hydrogen-bond donors (Lipinski definition) is 1. The largest absolute Gasteiger partial charge is 0.322 e. The van der Waals surface area contributed by atoms with E-state index in [0.29, 0.717) is 5.56 Å². The second kappa shape index (κ2) is 7.94. The summed E-state index contributed by atoms with van der Waals surface area (Å²) in [6, 6.07) is 15.3. The minimum Gasteiger partial charge on any atom is -0.322 e. The summed E-state index contributed by atoms with van der Waals surface area (Å²) in [4.78, 5) is 14.6. The van der Waals surface area contributed by atoms with Gasteiger partial charge in [0.25, 0.3) is 5.91 Å². The Bertz CT molecular complexity index is 747. The Morgan fingerprint density at radius 3 is 2.52 bits per heavy atom. The summed E-state index contributed by atoms with van der Waals surface area (Å²) in [6.45, 7) is 5.95. The van der Waals surface area contributed by atoms with Crippen molar-refractivity contribution in [2.75, 3.05) is 38.5 Å². The number of likely N-dealkylation sites (N-methyl/N-ethyl adjacent to an activating group) is 1. The van der Waals surface area contributed by atoms with Gasteiger partial charge in [0.2, 0.25) is 0 Å². The number of rotatable bonds is 4. The Hall–Kier alpha value is -2.66. The predicted octanol–water partition coefficient (Wildman–Crippen LogP) is 2.83. The Labute approximate surface area is 148 Å². The van der Waals surface area contributed by atoms with Crippen LogP contribution in [0.3, 0.4) is 0 Å². The zero-order valence-electron chi connectivity index (χ0n) is 14.8. The molecule has 2 aromatic carbocycles. The number of amides is 1. The lowest BCUT2D eigenvalue weighted by atomic mass is 10.1. The Kier molecular flexibility index (Phi) is 5.46. The molecule has 1 aliphatic rings. The zero-order valence-corrected chi connectivity index (χ0v) is 14.8. The van der Waals surface area contributed by atoms with E-state index in [-0.39, 0.29) is 5.91 Å². The number of carbonyl (C=O) groups excluding carboxylic acids is 1. The number of anilines is 1. The Morgan fingerprint density at radius 2 is 1.80 bits per heavy atom. The molecule has 25 heavy (non-hydrogen) atoms. The highest BCUT2D eigenvalue weighted by Gasteiger charge is 2.11. The van der Waals surface area contributed by atoms with Crippen LogP contribution in [0.15, 0.2) is 53.6 Å². The van der Waals surface area contributed by atoms with Crippen LogP contribution in [-0.2, 0) is 0 Å². The molecule has 130 valence electrons. The molecule has 0 saturated carbocycles. The maximum absolute atomic E-state index is 12.3. The molecule has 1 N–H and O–H groups in total. The minimum absolute atomic E-state index is 0.104. The van der Waals surface area contributed by atoms with Gasteiger partial charge in [0.1, 0.15) is 0 Å². The van der Waals surface area contributed by atoms with Gasteiger partial charge >= 0.3 is 0 Å². The summed E-state index contributed by atoms with van der Waals surface area (Å²) < 4.78 is 0. The number of carbonyl (C=O) groups is 1. The predicted molar refractivity (Wildman–Crippen MR) is 102 cm³/mol. The van der Waals surface area contributed by atoms with Gasteiger partial charge in [-0.15, -0.1) is 0 Å². The monoisotopic (exact) mass is 336 g/mol. The van der Waals surface area contributed by atoms with E-state index in [1.165, 1.54) is 0 Å². The lowest BCUT2D eigenvalue weighted by molar-refractivity contribution is 0.102. The number of hydrogen-bond acceptors (Lipinski definition) is 4. The average Bonchev–Trinajstić information content (AvgIpc) is 2.62. The molecule has 3 rings (SSSR count). The van der Waals surface area contributed by atoms with E-state index < -0.39 is 0 Å². The van der Waals surface area contributed by atoms with Gasteiger partial charge in [-0.25, -0.2) is 0 Å². The van der Waals surface area contributed by atoms with Gasteiger partial charge < -0.3 is 10.2 Å². The molecule has 0 unspecified atom stereocenters. The molecule has 1 aliphatic heterocycles. The van der Waals surface area contributed by atoms with Gasteiger partial charge in [0.05, 0.1) is 6.21 Å². The van der Waals surface area contributed by atoms with Gasteiger partial charge in [-0.3, -0.25) is 9.80 Å². The van der Waals surface area contributed by atoms with E-state index in [0.717, 1.165) is 43.0 Å². The molecule has 1 fully saturated rings. The van der Waals surface area contributed by atoms with Crippen LogP contribution in [-0.4, -0.2) is 55.3 Å². The summed E-state index contributed by atoms with van der Waals surface area (Å²) in [6.07, 6.45) is 1.85. The molecule has 0 radical (unpaired) electrons. The first-order chi connectivity index (χ1) is 12.1. The number of nitrogens with one attached hydrogen (secondary N) is 1. The smallest absolute Gasteiger partial charge is 0.255 e. The van der Waals surface area contributed by atoms with Gasteiger partial charge in [-0.05, 0) is 43.8 Å². The normalized spacial score (nSPS) is 15.5. The Balaban J connectivity index is 1.63. The second-order valence-corrected chi connectivity index (χ2v) is 6.45. The molecular weight excluding hydrogens is 312 g/mol. The van der Waals surface area contributed by atoms with Crippen LogP contribution >= 0.6 is 0 Å². The van der Waals surface area contributed by atoms with E-state index in [1.807, 2.05) is 61.7 Å². The van der Waals surface area contributed by atoms with Crippen molar-refractivity contribution in [3.63, 3.8) is 0 Å². The third-order valence-corrected chi connectivity index (χ3v) is 4.31. The molecule has 1 saturated heterocycles. The molecule has 0 aliphatic carbocycles. The van der Waals surface area contributed by atoms with Gasteiger partial charge in [-0.1, -0.05) is 29.8 Å². The first-order valence-corrected chi connectivity index (χ1v) is 8.56. The molecule has 5 heteroatoms. The van der Waals surface area contributed by atoms with Crippen molar-refractivity contribution in [2.45, 2.75) is 6.92 Å². The lowest BCUT2D eigenvalue weighted by Gasteiger charge is -2.30. The molecule has 0 spiro atoms. The van der Waals surface area contributed by atoms with Crippen molar-refractivity contribution in [1.82, 2.24) is 9.91 Å². The van der Waals surface area contributed by atoms with Crippen molar-refractivity contribution < 1.29 is 4.79 Å². The van der Waals surface area contributed by atoms with Crippen molar-refractivity contribution in [2.24, 2.45) is 5.10 Å². The molecule has 0 aromatic heterocycles. The van der Waals surface area contributed by atoms with Crippen LogP contribution in [0.4, 0.5) is 5.69 Å². The quantitative estimate of drug-likeness (QED) is 0.874. The van der Waals surface area contributed by atoms with Crippen LogP contribution in [0.5, 0.6) is 0 Å². The van der Waals surface area contributed by atoms with Crippen molar-refractivity contribution in [3.05, 3.63) is 65.2 Å². The van der Waals surface area contributed by atoms with Crippen LogP contribution in [0.25, 0.3) is 0 Å². The van der Waals surface area contributed by atoms with Gasteiger partial charge in [0, 0.05) is 37.4 Å². The van der Waals surface area contributed by atoms with Crippen LogP contribution in [0.1, 0.15) is 21.5 Å². The third kappa shape index (κ3) is 4.90. The summed E-state index contributed by atoms with van der Waals surface area (Å²) in [5.41, 5.74) is 3.54. The maximum atomic E-state index is 12.3. The molecule has 2 aromatic rings. The summed E-state index contributed by atoms with van der Waals surface area (Å²) in [5, 5.41) is 9.57. The van der Waals surface area contributed by atoms with E-state index in [2.05, 4.69) is 27.4 Å². The molecule has 5 nitrogen and oxygen atoms in total. The van der Waals surface area contributed by atoms with E-state index in [1.54, 1.807) is 0 Å². The molecule has 0 bridgehead atoms. The first kappa shape index (κ1) is 17.2. The van der Waals surface area contributed by atoms with Crippen LogP contribution < -0.4 is 5.32 Å². The van der Waals surface area contributed by atoms with Gasteiger partial charge in [0.15, 0.2) is 0 Å². The number of hydrazone groups is 1. The highest BCUT2D eigenvalue weighted by atomic mass is 16.1. The highest BCUT2D eigenvalue weighted by Crippen LogP contribution is 2.12. The van der Waals surface area contributed by atoms with E-state index >= 15 is 0 Å². The maximum Gasteiger partial charge on any atom is 0.255 e. The highest BCUT2D eigenvalue weighted by molar-refractivity contribution is 6.04. The third-order valence-electron chi connectivity index (χ3n) is 4.31. The fourth-order valence-corrected chi connectivity index (χ4v) is 2.66. The number of nitrogens with zero attached hydrogens (tertiary/aromatic N) is 3. The van der Waals surface area contributed by atoms with E-state index in [9.17, 15) is 4.79 Å². The number of aryl methyl sites for hydroxylation is 1. The number of benzene rings is 2. The molecular formula is C20H24N4O. The summed E-state index contributed by atoms with van der Waals surface area (Å²) in [5.74, 6) is -0.104. The topological polar surface area (TPSA) is 47.9 Å². The van der Waals surface area contributed by atoms with Crippen molar-refractivity contribution in [1.29, 1.82) is 0 Å². The SMILES string of the molecule is Cc1ccc(C(=O)Nc2cccc(C=NN3CCN(C)CC3)c2)cc1. The fourth-order valence-electron chi connectivity index (χ4n) is 2.66. The molecule has 0 atom stereocenters. The molecule has 1 amide bonds. The van der Waals surface area contributed by atoms with E-state index in [4.69, 9.17) is 0 Å². The Morgan fingerprint density at radius 1 is 1.08 bits per heavy atom. The fraction of sp³-hybridized carbons (Fsp3) is 0.300. The van der Waals surface area contributed by atoms with Gasteiger partial charge in [-0.2, -0.15) is 5.10 Å². The van der Waals surface area contributed by atoms with Crippen LogP contribution in [0.2, 0.25) is 0 Å². The second-order valence-electron chi connectivity index (χ2n) is 6.45. The standard InChI is InChI=1S/C20H24N4O/c1-16-6-8-18(9-7-16)20(25)22-19-5-3-4-17(14-19)15-21-24-12-10-23(2)11-13-24/h3-9,14-15H,10-13H2,1-2H3,(H,22,25). The van der Waals surface area contributed by atoms with Crippen LogP contribution in [0, 0.1) is 6.92 Å². The average molecular weight is 336 g/mol. The van der Waals surface area contributed by atoms with Crippen molar-refractivity contribution >= 4 is 17.8 Å². The summed E-state index contributed by atoms with van der Waals surface area (Å²) >= 11 is 0. The summed E-state index contributed by atoms with van der Waals surface area (Å²) in [7, 11) is 2.13. The molecule has 1 heterocycles. The first-order valence-electron chi connectivity index (χ1n) is 8.56. The van der Waals surface area contributed by atoms with Crippen molar-refractivity contribution in [3.8, 4) is 0 Å². The number of piperazine rings is 1. The zero-order chi connectivity index (χ0) is 17.6. The lowest BCUT2D eigenvalue weighted by Crippen LogP contribution is -2.41.